The van der Waals surface area contributed by atoms with E-state index in [1.807, 2.05) is 0 Å². The number of benzene rings is 1. The van der Waals surface area contributed by atoms with E-state index in [2.05, 4.69) is 16.5 Å². The summed E-state index contributed by atoms with van der Waals surface area (Å²) in [6.45, 7) is 1.67. The van der Waals surface area contributed by atoms with Gasteiger partial charge in [-0.05, 0) is 49.8 Å². The highest BCUT2D eigenvalue weighted by molar-refractivity contribution is 7.16. The summed E-state index contributed by atoms with van der Waals surface area (Å²) in [6.07, 6.45) is 3.98. The third-order valence-corrected chi connectivity index (χ3v) is 5.92. The Morgan fingerprint density at radius 1 is 1.33 bits per heavy atom. The first-order valence-electron chi connectivity index (χ1n) is 8.66. The second-order valence-corrected chi connectivity index (χ2v) is 7.63. The molecule has 1 aliphatic carbocycles. The summed E-state index contributed by atoms with van der Waals surface area (Å²) in [5.74, 6) is -0.490. The fraction of sp³-hybridized carbons (Fsp3) is 0.250. The van der Waals surface area contributed by atoms with Gasteiger partial charge in [-0.25, -0.2) is 4.39 Å². The van der Waals surface area contributed by atoms with Crippen molar-refractivity contribution in [1.29, 1.82) is 5.26 Å². The summed E-state index contributed by atoms with van der Waals surface area (Å²) in [5.41, 5.74) is 2.73. The molecule has 0 saturated carbocycles. The number of thiophene rings is 1. The van der Waals surface area contributed by atoms with E-state index in [1.54, 1.807) is 19.1 Å². The molecule has 0 spiro atoms. The Bertz CT molecular complexity index is 1080. The second kappa shape index (κ2) is 6.97. The Labute approximate surface area is 159 Å². The zero-order chi connectivity index (χ0) is 19.0. The molecule has 4 rings (SSSR count). The molecular weight excluding hydrogens is 365 g/mol. The van der Waals surface area contributed by atoms with Crippen molar-refractivity contribution in [2.75, 3.05) is 5.32 Å². The number of aryl methyl sites for hydroxylation is 2. The van der Waals surface area contributed by atoms with E-state index in [0.29, 0.717) is 27.5 Å². The molecule has 1 aliphatic rings. The van der Waals surface area contributed by atoms with Crippen molar-refractivity contribution in [3.63, 3.8) is 0 Å². The van der Waals surface area contributed by atoms with E-state index in [4.69, 9.17) is 4.52 Å². The van der Waals surface area contributed by atoms with Gasteiger partial charge in [0.25, 0.3) is 5.91 Å². The van der Waals surface area contributed by atoms with Crippen molar-refractivity contribution in [2.45, 2.75) is 32.6 Å². The number of halogens is 1. The Morgan fingerprint density at radius 3 is 2.93 bits per heavy atom. The lowest BCUT2D eigenvalue weighted by atomic mass is 9.96. The van der Waals surface area contributed by atoms with E-state index in [1.165, 1.54) is 28.3 Å². The van der Waals surface area contributed by atoms with Gasteiger partial charge in [-0.3, -0.25) is 4.79 Å². The van der Waals surface area contributed by atoms with Crippen LogP contribution in [0.25, 0.3) is 11.3 Å². The van der Waals surface area contributed by atoms with Gasteiger partial charge in [0.05, 0.1) is 5.56 Å². The maximum atomic E-state index is 13.7. The van der Waals surface area contributed by atoms with E-state index < -0.39 is 5.91 Å². The zero-order valence-corrected chi connectivity index (χ0v) is 15.5. The molecule has 2 aromatic heterocycles. The predicted molar refractivity (Wildman–Crippen MR) is 100 cm³/mol. The summed E-state index contributed by atoms with van der Waals surface area (Å²) >= 11 is 1.45. The van der Waals surface area contributed by atoms with Crippen molar-refractivity contribution < 1.29 is 13.7 Å². The SMILES string of the molecule is Cc1ccc(-c2cc(C(=O)Nc3sc4c(c3C#N)CCCC4)no2)cc1F. The number of aromatic nitrogens is 1. The highest BCUT2D eigenvalue weighted by Crippen LogP contribution is 2.37. The minimum absolute atomic E-state index is 0.0845. The maximum absolute atomic E-state index is 13.7. The lowest BCUT2D eigenvalue weighted by Gasteiger charge is -2.09. The van der Waals surface area contributed by atoms with Crippen LogP contribution in [0.3, 0.4) is 0 Å². The molecule has 3 aromatic rings. The monoisotopic (exact) mass is 381 g/mol. The molecule has 0 bridgehead atoms. The third kappa shape index (κ3) is 3.24. The van der Waals surface area contributed by atoms with Crippen molar-refractivity contribution in [1.82, 2.24) is 5.16 Å². The van der Waals surface area contributed by atoms with Gasteiger partial charge in [0.2, 0.25) is 0 Å². The van der Waals surface area contributed by atoms with E-state index in [9.17, 15) is 14.4 Å². The molecule has 0 radical (unpaired) electrons. The maximum Gasteiger partial charge on any atom is 0.278 e. The van der Waals surface area contributed by atoms with E-state index >= 15 is 0 Å². The summed E-state index contributed by atoms with van der Waals surface area (Å²) in [5, 5.41) is 16.6. The van der Waals surface area contributed by atoms with Gasteiger partial charge in [-0.2, -0.15) is 5.26 Å². The lowest BCUT2D eigenvalue weighted by Crippen LogP contribution is -2.12. The topological polar surface area (TPSA) is 78.9 Å². The number of nitriles is 1. The molecule has 0 aliphatic heterocycles. The molecule has 1 amide bonds. The fourth-order valence-corrected chi connectivity index (χ4v) is 4.44. The van der Waals surface area contributed by atoms with Crippen LogP contribution in [-0.4, -0.2) is 11.1 Å². The summed E-state index contributed by atoms with van der Waals surface area (Å²) < 4.78 is 18.9. The molecule has 5 nitrogen and oxygen atoms in total. The highest BCUT2D eigenvalue weighted by Gasteiger charge is 2.23. The Morgan fingerprint density at radius 2 is 2.15 bits per heavy atom. The average molecular weight is 381 g/mol. The van der Waals surface area contributed by atoms with Crippen molar-refractivity contribution >= 4 is 22.2 Å². The predicted octanol–water partition coefficient (Wildman–Crippen LogP) is 4.85. The van der Waals surface area contributed by atoms with Crippen LogP contribution in [0.4, 0.5) is 9.39 Å². The molecule has 1 N–H and O–H groups in total. The number of amides is 1. The Balaban J connectivity index is 1.58. The quantitative estimate of drug-likeness (QED) is 0.703. The van der Waals surface area contributed by atoms with Crippen LogP contribution in [0.2, 0.25) is 0 Å². The van der Waals surface area contributed by atoms with Crippen LogP contribution in [0.15, 0.2) is 28.8 Å². The van der Waals surface area contributed by atoms with Crippen LogP contribution in [0.5, 0.6) is 0 Å². The van der Waals surface area contributed by atoms with Crippen molar-refractivity contribution in [2.24, 2.45) is 0 Å². The number of carbonyl (C=O) groups excluding carboxylic acids is 1. The first kappa shape index (κ1) is 17.4. The molecule has 27 heavy (non-hydrogen) atoms. The van der Waals surface area contributed by atoms with Crippen molar-refractivity contribution in [3.05, 3.63) is 57.3 Å². The van der Waals surface area contributed by atoms with Crippen LogP contribution in [0, 0.1) is 24.1 Å². The van der Waals surface area contributed by atoms with Gasteiger partial charge in [-0.1, -0.05) is 17.3 Å². The molecule has 0 unspecified atom stereocenters. The van der Waals surface area contributed by atoms with Gasteiger partial charge in [0, 0.05) is 16.5 Å². The Hall–Kier alpha value is -2.98. The van der Waals surface area contributed by atoms with E-state index in [-0.39, 0.29) is 11.5 Å². The van der Waals surface area contributed by atoms with Gasteiger partial charge in [-0.15, -0.1) is 11.3 Å². The Kier molecular flexibility index (Phi) is 4.50. The molecular formula is C20H16FN3O2S. The summed E-state index contributed by atoms with van der Waals surface area (Å²) in [6, 6.07) is 8.38. The molecule has 136 valence electrons. The number of carbonyl (C=O) groups is 1. The van der Waals surface area contributed by atoms with Gasteiger partial charge in [0.15, 0.2) is 11.5 Å². The number of nitrogens with one attached hydrogen (secondary N) is 1. The molecule has 2 heterocycles. The molecule has 7 heteroatoms. The van der Waals surface area contributed by atoms with E-state index in [0.717, 1.165) is 31.2 Å². The second-order valence-electron chi connectivity index (χ2n) is 6.52. The third-order valence-electron chi connectivity index (χ3n) is 4.71. The minimum Gasteiger partial charge on any atom is -0.355 e. The van der Waals surface area contributed by atoms with Crippen LogP contribution in [-0.2, 0) is 12.8 Å². The standard InChI is InChI=1S/C20H16FN3O2S/c1-11-6-7-12(8-15(11)21)17-9-16(24-26-17)19(25)23-20-14(10-22)13-4-2-3-5-18(13)27-20/h6-9H,2-5H2,1H3,(H,23,25). The number of hydrogen-bond donors (Lipinski definition) is 1. The molecule has 1 aromatic carbocycles. The largest absolute Gasteiger partial charge is 0.355 e. The van der Waals surface area contributed by atoms with Gasteiger partial charge < -0.3 is 9.84 Å². The van der Waals surface area contributed by atoms with Gasteiger partial charge >= 0.3 is 0 Å². The number of nitrogens with zero attached hydrogens (tertiary/aromatic N) is 2. The number of anilines is 1. The normalized spacial score (nSPS) is 13.1. The average Bonchev–Trinajstić information content (AvgIpc) is 3.28. The fourth-order valence-electron chi connectivity index (χ4n) is 3.20. The first-order valence-corrected chi connectivity index (χ1v) is 9.47. The summed E-state index contributed by atoms with van der Waals surface area (Å²) in [4.78, 5) is 13.7. The highest BCUT2D eigenvalue weighted by atomic mass is 32.1. The lowest BCUT2D eigenvalue weighted by molar-refractivity contribution is 0.101. The van der Waals surface area contributed by atoms with Crippen molar-refractivity contribution in [3.8, 4) is 17.4 Å². The minimum atomic E-state index is -0.451. The summed E-state index contributed by atoms with van der Waals surface area (Å²) in [7, 11) is 0. The number of fused-ring (bicyclic) bond motifs is 1. The molecule has 0 fully saturated rings. The van der Waals surface area contributed by atoms with Crippen LogP contribution < -0.4 is 5.32 Å². The van der Waals surface area contributed by atoms with Gasteiger partial charge in [0.1, 0.15) is 16.9 Å². The van der Waals surface area contributed by atoms with Crippen LogP contribution >= 0.6 is 11.3 Å². The number of rotatable bonds is 3. The molecule has 0 atom stereocenters. The first-order chi connectivity index (χ1) is 13.1. The smallest absolute Gasteiger partial charge is 0.278 e. The number of hydrogen-bond acceptors (Lipinski definition) is 5. The molecule has 0 saturated heterocycles. The van der Waals surface area contributed by atoms with Crippen LogP contribution in [0.1, 0.15) is 44.9 Å². The zero-order valence-electron chi connectivity index (χ0n) is 14.6.